The van der Waals surface area contributed by atoms with Gasteiger partial charge in [-0.05, 0) is 35.7 Å². The van der Waals surface area contributed by atoms with Crippen molar-refractivity contribution < 1.29 is 23.0 Å². The van der Waals surface area contributed by atoms with Gasteiger partial charge in [-0.1, -0.05) is 19.9 Å². The summed E-state index contributed by atoms with van der Waals surface area (Å²) in [6, 6.07) is 8.07. The molecule has 2 aromatic carbocycles. The zero-order valence-electron chi connectivity index (χ0n) is 14.7. The Morgan fingerprint density at radius 1 is 1.04 bits per heavy atom. The number of ether oxygens (including phenoxy) is 2. The van der Waals surface area contributed by atoms with Crippen molar-refractivity contribution in [3.8, 4) is 11.5 Å². The van der Waals surface area contributed by atoms with Crippen LogP contribution in [0.4, 0.5) is 8.78 Å². The molecule has 1 amide bonds. The summed E-state index contributed by atoms with van der Waals surface area (Å²) in [5, 5.41) is 2.83. The molecule has 0 bridgehead atoms. The molecule has 0 spiro atoms. The van der Waals surface area contributed by atoms with E-state index in [1.165, 1.54) is 0 Å². The third kappa shape index (κ3) is 3.95. The van der Waals surface area contributed by atoms with E-state index in [2.05, 4.69) is 5.32 Å². The van der Waals surface area contributed by atoms with Crippen molar-refractivity contribution in [2.75, 3.05) is 13.2 Å². The topological polar surface area (TPSA) is 47.6 Å². The Bertz CT molecular complexity index is 808. The zero-order valence-corrected chi connectivity index (χ0v) is 14.7. The number of rotatable bonds is 4. The number of nitrogens with one attached hydrogen (secondary N) is 1. The Labute approximate surface area is 151 Å². The van der Waals surface area contributed by atoms with Crippen LogP contribution >= 0.6 is 0 Å². The maximum Gasteiger partial charge on any atom is 0.254 e. The van der Waals surface area contributed by atoms with Gasteiger partial charge in [0, 0.05) is 12.5 Å². The molecule has 0 saturated heterocycles. The number of amides is 1. The van der Waals surface area contributed by atoms with Crippen LogP contribution in [0.2, 0.25) is 0 Å². The number of hydrogen-bond donors (Lipinski definition) is 1. The predicted octanol–water partition coefficient (Wildman–Crippen LogP) is 4.25. The number of hydrogen-bond acceptors (Lipinski definition) is 3. The minimum Gasteiger partial charge on any atom is -0.490 e. The van der Waals surface area contributed by atoms with E-state index in [1.807, 2.05) is 32.0 Å². The average molecular weight is 361 g/mol. The highest BCUT2D eigenvalue weighted by Crippen LogP contribution is 2.34. The SMILES string of the molecule is CC(C)[C@H](NC(=O)c1ccc(F)cc1F)c1ccc2c(c1)OCCCO2. The molecule has 0 unspecified atom stereocenters. The standard InChI is InChI=1S/C20H21F2NO3/c1-12(2)19(23-20(24)15-6-5-14(21)11-16(15)22)13-4-7-17-18(10-13)26-9-3-8-25-17/h4-7,10-12,19H,3,8-9H2,1-2H3,(H,23,24)/t19-/m0/s1. The number of fused-ring (bicyclic) bond motifs is 1. The van der Waals surface area contributed by atoms with Crippen molar-refractivity contribution >= 4 is 5.91 Å². The van der Waals surface area contributed by atoms with Crippen LogP contribution in [0.15, 0.2) is 36.4 Å². The molecule has 138 valence electrons. The van der Waals surface area contributed by atoms with Crippen LogP contribution in [0.3, 0.4) is 0 Å². The summed E-state index contributed by atoms with van der Waals surface area (Å²) in [6.07, 6.45) is 0.804. The van der Waals surface area contributed by atoms with Crippen LogP contribution in [-0.4, -0.2) is 19.1 Å². The fourth-order valence-corrected chi connectivity index (χ4v) is 2.90. The number of halogens is 2. The molecule has 0 saturated carbocycles. The van der Waals surface area contributed by atoms with E-state index < -0.39 is 17.5 Å². The van der Waals surface area contributed by atoms with Crippen LogP contribution < -0.4 is 14.8 Å². The van der Waals surface area contributed by atoms with Gasteiger partial charge >= 0.3 is 0 Å². The molecular formula is C20H21F2NO3. The third-order valence-electron chi connectivity index (χ3n) is 4.26. The molecular weight excluding hydrogens is 340 g/mol. The maximum atomic E-state index is 13.9. The highest BCUT2D eigenvalue weighted by molar-refractivity contribution is 5.94. The fourth-order valence-electron chi connectivity index (χ4n) is 2.90. The van der Waals surface area contributed by atoms with Crippen LogP contribution in [-0.2, 0) is 0 Å². The van der Waals surface area contributed by atoms with Gasteiger partial charge in [-0.25, -0.2) is 8.78 Å². The van der Waals surface area contributed by atoms with Gasteiger partial charge in [-0.15, -0.1) is 0 Å². The summed E-state index contributed by atoms with van der Waals surface area (Å²) in [6.45, 7) is 5.07. The first kappa shape index (κ1) is 18.2. The van der Waals surface area contributed by atoms with E-state index in [4.69, 9.17) is 9.47 Å². The van der Waals surface area contributed by atoms with E-state index in [1.54, 1.807) is 0 Å². The molecule has 0 fully saturated rings. The molecule has 1 atom stereocenters. The molecule has 3 rings (SSSR count). The monoisotopic (exact) mass is 361 g/mol. The second-order valence-corrected chi connectivity index (χ2v) is 6.58. The van der Waals surface area contributed by atoms with Gasteiger partial charge in [0.25, 0.3) is 5.91 Å². The first-order chi connectivity index (χ1) is 12.5. The lowest BCUT2D eigenvalue weighted by Crippen LogP contribution is -2.32. The van der Waals surface area contributed by atoms with Crippen molar-refractivity contribution in [1.29, 1.82) is 0 Å². The van der Waals surface area contributed by atoms with E-state index in [0.29, 0.717) is 30.8 Å². The summed E-state index contributed by atoms with van der Waals surface area (Å²) in [5.74, 6) is -0.843. The molecule has 2 aromatic rings. The summed E-state index contributed by atoms with van der Waals surface area (Å²) in [5.41, 5.74) is 0.645. The molecule has 26 heavy (non-hydrogen) atoms. The summed E-state index contributed by atoms with van der Waals surface area (Å²) >= 11 is 0. The highest BCUT2D eigenvalue weighted by atomic mass is 19.1. The Morgan fingerprint density at radius 2 is 1.77 bits per heavy atom. The van der Waals surface area contributed by atoms with Crippen molar-refractivity contribution in [2.24, 2.45) is 5.92 Å². The van der Waals surface area contributed by atoms with E-state index in [0.717, 1.165) is 24.1 Å². The van der Waals surface area contributed by atoms with Gasteiger partial charge in [-0.2, -0.15) is 0 Å². The Hall–Kier alpha value is -2.63. The van der Waals surface area contributed by atoms with E-state index in [9.17, 15) is 13.6 Å². The highest BCUT2D eigenvalue weighted by Gasteiger charge is 2.23. The summed E-state index contributed by atoms with van der Waals surface area (Å²) in [7, 11) is 0. The van der Waals surface area contributed by atoms with E-state index >= 15 is 0 Å². The maximum absolute atomic E-state index is 13.9. The zero-order chi connectivity index (χ0) is 18.7. The van der Waals surface area contributed by atoms with Crippen molar-refractivity contribution in [3.63, 3.8) is 0 Å². The van der Waals surface area contributed by atoms with Crippen LogP contribution in [0, 0.1) is 17.6 Å². The lowest BCUT2D eigenvalue weighted by Gasteiger charge is -2.24. The second-order valence-electron chi connectivity index (χ2n) is 6.58. The minimum atomic E-state index is -0.885. The lowest BCUT2D eigenvalue weighted by atomic mass is 9.95. The van der Waals surface area contributed by atoms with Crippen molar-refractivity contribution in [1.82, 2.24) is 5.32 Å². The first-order valence-electron chi connectivity index (χ1n) is 8.61. The molecule has 0 aliphatic carbocycles. The molecule has 1 heterocycles. The quantitative estimate of drug-likeness (QED) is 0.885. The smallest absolute Gasteiger partial charge is 0.254 e. The molecule has 6 heteroatoms. The molecule has 0 aromatic heterocycles. The lowest BCUT2D eigenvalue weighted by molar-refractivity contribution is 0.0921. The van der Waals surface area contributed by atoms with Crippen molar-refractivity contribution in [2.45, 2.75) is 26.3 Å². The molecule has 1 N–H and O–H groups in total. The van der Waals surface area contributed by atoms with Crippen molar-refractivity contribution in [3.05, 3.63) is 59.2 Å². The number of benzene rings is 2. The van der Waals surface area contributed by atoms with Gasteiger partial charge in [0.05, 0.1) is 24.8 Å². The Balaban J connectivity index is 1.85. The molecule has 4 nitrogen and oxygen atoms in total. The molecule has 1 aliphatic rings. The molecule has 1 aliphatic heterocycles. The largest absolute Gasteiger partial charge is 0.490 e. The summed E-state index contributed by atoms with van der Waals surface area (Å²) in [4.78, 5) is 12.5. The van der Waals surface area contributed by atoms with Crippen LogP contribution in [0.1, 0.15) is 42.2 Å². The Morgan fingerprint density at radius 3 is 2.46 bits per heavy atom. The van der Waals surface area contributed by atoms with Gasteiger partial charge in [-0.3, -0.25) is 4.79 Å². The van der Waals surface area contributed by atoms with Gasteiger partial charge in [0.2, 0.25) is 0 Å². The summed E-state index contributed by atoms with van der Waals surface area (Å²) < 4.78 is 38.3. The van der Waals surface area contributed by atoms with E-state index in [-0.39, 0.29) is 17.5 Å². The average Bonchev–Trinajstić information content (AvgIpc) is 2.83. The van der Waals surface area contributed by atoms with Gasteiger partial charge in [0.15, 0.2) is 11.5 Å². The number of carbonyl (C=O) groups excluding carboxylic acids is 1. The van der Waals surface area contributed by atoms with Gasteiger partial charge < -0.3 is 14.8 Å². The minimum absolute atomic E-state index is 0.0483. The first-order valence-corrected chi connectivity index (χ1v) is 8.61. The molecule has 0 radical (unpaired) electrons. The van der Waals surface area contributed by atoms with Crippen LogP contribution in [0.5, 0.6) is 11.5 Å². The third-order valence-corrected chi connectivity index (χ3v) is 4.26. The fraction of sp³-hybridized carbons (Fsp3) is 0.350. The predicted molar refractivity (Wildman–Crippen MR) is 93.5 cm³/mol. The van der Waals surface area contributed by atoms with Gasteiger partial charge in [0.1, 0.15) is 11.6 Å². The Kier molecular flexibility index (Phi) is 5.40. The normalized spacial score (nSPS) is 14.7. The second kappa shape index (κ2) is 7.72. The van der Waals surface area contributed by atoms with Crippen LogP contribution in [0.25, 0.3) is 0 Å². The number of carbonyl (C=O) groups is 1.